The van der Waals surface area contributed by atoms with Crippen LogP contribution >= 0.6 is 0 Å². The lowest BCUT2D eigenvalue weighted by atomic mass is 9.98. The maximum absolute atomic E-state index is 11.6. The van der Waals surface area contributed by atoms with Gasteiger partial charge in [-0.15, -0.1) is 0 Å². The number of carboxylic acids is 1. The predicted octanol–water partition coefficient (Wildman–Crippen LogP) is 2.13. The highest BCUT2D eigenvalue weighted by Crippen LogP contribution is 2.19. The molecule has 1 fully saturated rings. The molecule has 1 atom stereocenters. The molecular weight excluding hydrogens is 272 g/mol. The molecule has 6 heteroatoms. The summed E-state index contributed by atoms with van der Waals surface area (Å²) in [6.07, 6.45) is 6.65. The summed E-state index contributed by atoms with van der Waals surface area (Å²) in [7, 11) is 0. The third-order valence-corrected chi connectivity index (χ3v) is 3.60. The summed E-state index contributed by atoms with van der Waals surface area (Å²) in [5.74, 6) is -0.793. The van der Waals surface area contributed by atoms with E-state index in [1.54, 1.807) is 0 Å². The molecule has 0 radical (unpaired) electrons. The maximum atomic E-state index is 11.6. The summed E-state index contributed by atoms with van der Waals surface area (Å²) in [5, 5.41) is 14.2. The minimum absolute atomic E-state index is 0.209. The Balaban J connectivity index is 2.15. The summed E-state index contributed by atoms with van der Waals surface area (Å²) in [4.78, 5) is 22.7. The highest BCUT2D eigenvalue weighted by atomic mass is 16.5. The number of amides is 2. The number of hydrogen-bond donors (Lipinski definition) is 3. The van der Waals surface area contributed by atoms with Crippen LogP contribution in [0.15, 0.2) is 0 Å². The van der Waals surface area contributed by atoms with Crippen molar-refractivity contribution in [2.24, 2.45) is 5.92 Å². The molecule has 1 aliphatic carbocycles. The molecule has 0 saturated heterocycles. The van der Waals surface area contributed by atoms with Crippen molar-refractivity contribution in [1.82, 2.24) is 10.6 Å². The van der Waals surface area contributed by atoms with Crippen molar-refractivity contribution < 1.29 is 19.4 Å². The summed E-state index contributed by atoms with van der Waals surface area (Å²) in [6.45, 7) is 4.72. The van der Waals surface area contributed by atoms with Crippen LogP contribution in [0, 0.1) is 5.92 Å². The van der Waals surface area contributed by atoms with Gasteiger partial charge in [-0.25, -0.2) is 9.59 Å². The van der Waals surface area contributed by atoms with Gasteiger partial charge in [0, 0.05) is 6.54 Å². The molecular formula is C15H28N2O4. The molecule has 1 rings (SSSR count). The number of rotatable bonds is 8. The van der Waals surface area contributed by atoms with Crippen molar-refractivity contribution in [2.45, 2.75) is 64.5 Å². The number of hydrogen-bond acceptors (Lipinski definition) is 3. The quantitative estimate of drug-likeness (QED) is 0.599. The molecule has 0 heterocycles. The van der Waals surface area contributed by atoms with Crippen LogP contribution in [0.4, 0.5) is 4.79 Å². The summed E-state index contributed by atoms with van der Waals surface area (Å²) < 4.78 is 5.69. The number of carbonyl (C=O) groups is 2. The lowest BCUT2D eigenvalue weighted by molar-refractivity contribution is -0.139. The van der Waals surface area contributed by atoms with E-state index in [0.717, 1.165) is 12.8 Å². The molecule has 1 aliphatic rings. The van der Waals surface area contributed by atoms with Crippen LogP contribution in [0.2, 0.25) is 0 Å². The van der Waals surface area contributed by atoms with Crippen molar-refractivity contribution >= 4 is 12.0 Å². The number of carbonyl (C=O) groups excluding carboxylic acids is 1. The van der Waals surface area contributed by atoms with Crippen LogP contribution < -0.4 is 10.6 Å². The Morgan fingerprint density at radius 3 is 2.48 bits per heavy atom. The summed E-state index contributed by atoms with van der Waals surface area (Å²) in [6, 6.07) is -1.29. The number of carboxylic acid groups (broad SMARTS) is 1. The van der Waals surface area contributed by atoms with Crippen LogP contribution in [-0.2, 0) is 9.53 Å². The van der Waals surface area contributed by atoms with Crippen molar-refractivity contribution in [2.75, 3.05) is 13.2 Å². The monoisotopic (exact) mass is 300 g/mol. The first-order valence-electron chi connectivity index (χ1n) is 7.87. The van der Waals surface area contributed by atoms with Crippen molar-refractivity contribution in [1.29, 1.82) is 0 Å². The number of ether oxygens (including phenoxy) is 1. The molecule has 122 valence electrons. The van der Waals surface area contributed by atoms with E-state index < -0.39 is 18.0 Å². The lowest BCUT2D eigenvalue weighted by Gasteiger charge is -2.22. The topological polar surface area (TPSA) is 87.7 Å². The van der Waals surface area contributed by atoms with Crippen LogP contribution in [0.5, 0.6) is 0 Å². The minimum Gasteiger partial charge on any atom is -0.480 e. The van der Waals surface area contributed by atoms with Gasteiger partial charge in [0.05, 0.1) is 12.7 Å². The molecule has 0 bridgehead atoms. The Morgan fingerprint density at radius 1 is 1.24 bits per heavy atom. The molecule has 0 aromatic carbocycles. The number of nitrogens with one attached hydrogen (secondary N) is 2. The third kappa shape index (κ3) is 7.90. The van der Waals surface area contributed by atoms with E-state index in [-0.39, 0.29) is 5.92 Å². The van der Waals surface area contributed by atoms with E-state index in [0.29, 0.717) is 25.7 Å². The Hall–Kier alpha value is -1.30. The Labute approximate surface area is 126 Å². The van der Waals surface area contributed by atoms with Crippen molar-refractivity contribution in [3.8, 4) is 0 Å². The van der Waals surface area contributed by atoms with Crippen LogP contribution in [-0.4, -0.2) is 42.4 Å². The highest BCUT2D eigenvalue weighted by Gasteiger charge is 2.20. The molecule has 6 nitrogen and oxygen atoms in total. The molecule has 0 spiro atoms. The summed E-state index contributed by atoms with van der Waals surface area (Å²) in [5.41, 5.74) is 0. The Bertz CT molecular complexity index is 328. The highest BCUT2D eigenvalue weighted by molar-refractivity contribution is 5.82. The average Bonchev–Trinajstić information content (AvgIpc) is 2.43. The first kappa shape index (κ1) is 17.8. The third-order valence-electron chi connectivity index (χ3n) is 3.60. The zero-order valence-corrected chi connectivity index (χ0v) is 13.1. The molecule has 0 aromatic heterocycles. The van der Waals surface area contributed by atoms with Gasteiger partial charge in [0.1, 0.15) is 6.04 Å². The molecule has 3 N–H and O–H groups in total. The van der Waals surface area contributed by atoms with Crippen LogP contribution in [0.1, 0.15) is 52.4 Å². The van der Waals surface area contributed by atoms with E-state index in [4.69, 9.17) is 9.84 Å². The van der Waals surface area contributed by atoms with Crippen molar-refractivity contribution in [3.05, 3.63) is 0 Å². The fourth-order valence-electron chi connectivity index (χ4n) is 2.52. The first-order valence-corrected chi connectivity index (χ1v) is 7.87. The maximum Gasteiger partial charge on any atom is 0.326 e. The second kappa shape index (κ2) is 9.60. The van der Waals surface area contributed by atoms with E-state index >= 15 is 0 Å². The fraction of sp³-hybridized carbons (Fsp3) is 0.867. The lowest BCUT2D eigenvalue weighted by Crippen LogP contribution is -2.47. The fourth-order valence-corrected chi connectivity index (χ4v) is 2.52. The van der Waals surface area contributed by atoms with Gasteiger partial charge in [0.15, 0.2) is 0 Å². The molecule has 0 aromatic rings. The van der Waals surface area contributed by atoms with Gasteiger partial charge < -0.3 is 20.5 Å². The van der Waals surface area contributed by atoms with E-state index in [2.05, 4.69) is 10.6 Å². The van der Waals surface area contributed by atoms with Crippen molar-refractivity contribution in [3.63, 3.8) is 0 Å². The van der Waals surface area contributed by atoms with Gasteiger partial charge >= 0.3 is 12.0 Å². The normalized spacial score (nSPS) is 17.5. The van der Waals surface area contributed by atoms with Gasteiger partial charge in [0.2, 0.25) is 0 Å². The van der Waals surface area contributed by atoms with Gasteiger partial charge in [-0.3, -0.25) is 0 Å². The zero-order chi connectivity index (χ0) is 15.7. The largest absolute Gasteiger partial charge is 0.480 e. The second-order valence-corrected chi connectivity index (χ2v) is 6.05. The van der Waals surface area contributed by atoms with Crippen LogP contribution in [0.3, 0.4) is 0 Å². The Kier molecular flexibility index (Phi) is 8.12. The second-order valence-electron chi connectivity index (χ2n) is 6.05. The van der Waals surface area contributed by atoms with E-state index in [9.17, 15) is 9.59 Å². The predicted molar refractivity (Wildman–Crippen MR) is 80.2 cm³/mol. The molecule has 0 unspecified atom stereocenters. The van der Waals surface area contributed by atoms with Crippen LogP contribution in [0.25, 0.3) is 0 Å². The van der Waals surface area contributed by atoms with Gasteiger partial charge in [-0.2, -0.15) is 0 Å². The minimum atomic E-state index is -1.00. The Morgan fingerprint density at radius 2 is 1.90 bits per heavy atom. The number of aliphatic carboxylic acids is 1. The zero-order valence-electron chi connectivity index (χ0n) is 13.1. The summed E-state index contributed by atoms with van der Waals surface area (Å²) >= 11 is 0. The van der Waals surface area contributed by atoms with Gasteiger partial charge in [0.25, 0.3) is 0 Å². The molecule has 1 saturated carbocycles. The van der Waals surface area contributed by atoms with Gasteiger partial charge in [-0.1, -0.05) is 33.1 Å². The van der Waals surface area contributed by atoms with E-state index in [1.807, 2.05) is 13.8 Å². The number of urea groups is 1. The SMILES string of the molecule is CC(C)C[C@@H](NC(=O)NCCOC1CCCCC1)C(=O)O. The standard InChI is InChI=1S/C15H28N2O4/c1-11(2)10-13(14(18)19)17-15(20)16-8-9-21-12-6-4-3-5-7-12/h11-13H,3-10H2,1-2H3,(H,18,19)(H2,16,17,20)/t13-/m1/s1. The smallest absolute Gasteiger partial charge is 0.326 e. The molecule has 0 aliphatic heterocycles. The first-order chi connectivity index (χ1) is 9.99. The molecule has 2 amide bonds. The molecule has 21 heavy (non-hydrogen) atoms. The van der Waals surface area contributed by atoms with Gasteiger partial charge in [-0.05, 0) is 25.2 Å². The van der Waals surface area contributed by atoms with E-state index in [1.165, 1.54) is 19.3 Å². The average molecular weight is 300 g/mol.